The molecule has 0 saturated carbocycles. The van der Waals surface area contributed by atoms with Crippen LogP contribution in [0.4, 0.5) is 5.69 Å². The van der Waals surface area contributed by atoms with Gasteiger partial charge >= 0.3 is 0 Å². The van der Waals surface area contributed by atoms with E-state index in [9.17, 15) is 4.79 Å². The second-order valence-corrected chi connectivity index (χ2v) is 9.12. The summed E-state index contributed by atoms with van der Waals surface area (Å²) < 4.78 is 10.7. The first-order chi connectivity index (χ1) is 13.9. The molecule has 6 nitrogen and oxygen atoms in total. The Morgan fingerprint density at radius 2 is 1.83 bits per heavy atom. The van der Waals surface area contributed by atoms with Crippen molar-refractivity contribution in [1.29, 1.82) is 0 Å². The van der Waals surface area contributed by atoms with Gasteiger partial charge < -0.3 is 19.7 Å². The lowest BCUT2D eigenvalue weighted by molar-refractivity contribution is 0.0722. The zero-order chi connectivity index (χ0) is 21.0. The van der Waals surface area contributed by atoms with E-state index in [0.29, 0.717) is 12.0 Å². The molecule has 1 saturated heterocycles. The third kappa shape index (κ3) is 5.41. The molecule has 1 aliphatic rings. The molecule has 0 unspecified atom stereocenters. The highest BCUT2D eigenvalue weighted by molar-refractivity contribution is 7.13. The molecule has 7 heteroatoms. The summed E-state index contributed by atoms with van der Waals surface area (Å²) in [6, 6.07) is 6.11. The van der Waals surface area contributed by atoms with Gasteiger partial charge in [-0.05, 0) is 32.1 Å². The lowest BCUT2D eigenvalue weighted by Gasteiger charge is -2.33. The van der Waals surface area contributed by atoms with E-state index in [-0.39, 0.29) is 5.91 Å². The summed E-state index contributed by atoms with van der Waals surface area (Å²) in [5, 5.41) is 4.53. The number of methoxy groups -OCH3 is 2. The Morgan fingerprint density at radius 1 is 1.21 bits per heavy atom. The molecule has 1 aliphatic heterocycles. The molecule has 1 fully saturated rings. The van der Waals surface area contributed by atoms with E-state index in [1.165, 1.54) is 11.3 Å². The monoisotopic (exact) mass is 417 g/mol. The van der Waals surface area contributed by atoms with Crippen molar-refractivity contribution in [3.63, 3.8) is 0 Å². The molecule has 158 valence electrons. The van der Waals surface area contributed by atoms with Crippen LogP contribution in [0.15, 0.2) is 18.2 Å². The van der Waals surface area contributed by atoms with Crippen LogP contribution in [0.25, 0.3) is 0 Å². The fourth-order valence-electron chi connectivity index (χ4n) is 3.66. The van der Waals surface area contributed by atoms with Crippen molar-refractivity contribution in [2.24, 2.45) is 5.92 Å². The summed E-state index contributed by atoms with van der Waals surface area (Å²) >= 11 is 1.52. The van der Waals surface area contributed by atoms with Crippen molar-refractivity contribution in [1.82, 2.24) is 9.88 Å². The van der Waals surface area contributed by atoms with E-state index in [1.54, 1.807) is 14.2 Å². The van der Waals surface area contributed by atoms with Crippen LogP contribution < -0.4 is 14.8 Å². The van der Waals surface area contributed by atoms with Crippen LogP contribution in [0.2, 0.25) is 0 Å². The van der Waals surface area contributed by atoms with Crippen molar-refractivity contribution in [3.8, 4) is 11.5 Å². The minimum absolute atomic E-state index is 0.132. The van der Waals surface area contributed by atoms with Gasteiger partial charge in [0.15, 0.2) is 0 Å². The molecule has 29 heavy (non-hydrogen) atoms. The van der Waals surface area contributed by atoms with E-state index < -0.39 is 0 Å². The summed E-state index contributed by atoms with van der Waals surface area (Å²) in [5.41, 5.74) is 1.93. The Balaban J connectivity index is 1.62. The highest BCUT2D eigenvalue weighted by Crippen LogP contribution is 2.28. The number of piperidine rings is 1. The fraction of sp³-hybridized carbons (Fsp3) is 0.545. The molecule has 2 aromatic rings. The molecule has 1 N–H and O–H groups in total. The number of anilines is 1. The van der Waals surface area contributed by atoms with E-state index in [4.69, 9.17) is 9.47 Å². The molecule has 0 radical (unpaired) electrons. The maximum atomic E-state index is 13.1. The number of aryl methyl sites for hydroxylation is 1. The van der Waals surface area contributed by atoms with Gasteiger partial charge in [0, 0.05) is 43.0 Å². The largest absolute Gasteiger partial charge is 0.497 e. The molecule has 0 bridgehead atoms. The number of amides is 1. The fourth-order valence-corrected chi connectivity index (χ4v) is 4.57. The van der Waals surface area contributed by atoms with Crippen LogP contribution in [0.3, 0.4) is 0 Å². The number of likely N-dealkylation sites (tertiary alicyclic amines) is 1. The molecule has 1 aromatic carbocycles. The van der Waals surface area contributed by atoms with Crippen LogP contribution >= 0.6 is 11.3 Å². The molecule has 3 rings (SSSR count). The van der Waals surface area contributed by atoms with Gasteiger partial charge in [0.2, 0.25) is 0 Å². The van der Waals surface area contributed by atoms with Gasteiger partial charge in [0.05, 0.1) is 24.9 Å². The van der Waals surface area contributed by atoms with E-state index >= 15 is 0 Å². The average Bonchev–Trinajstić information content (AvgIpc) is 3.07. The quantitative estimate of drug-likeness (QED) is 0.724. The number of benzene rings is 1. The Morgan fingerprint density at radius 3 is 2.38 bits per heavy atom. The summed E-state index contributed by atoms with van der Waals surface area (Å²) in [5.74, 6) is 2.14. The number of hydrogen-bond acceptors (Lipinski definition) is 6. The van der Waals surface area contributed by atoms with Crippen molar-refractivity contribution >= 4 is 22.9 Å². The van der Waals surface area contributed by atoms with Crippen LogP contribution in [0.5, 0.6) is 11.5 Å². The number of carbonyl (C=O) groups is 1. The van der Waals surface area contributed by atoms with Crippen molar-refractivity contribution in [2.75, 3.05) is 32.6 Å². The van der Waals surface area contributed by atoms with Gasteiger partial charge in [0.25, 0.3) is 5.91 Å². The molecule has 0 spiro atoms. The number of ether oxygens (including phenoxy) is 2. The van der Waals surface area contributed by atoms with Crippen molar-refractivity contribution < 1.29 is 14.3 Å². The van der Waals surface area contributed by atoms with Crippen LogP contribution in [-0.2, 0) is 6.42 Å². The number of thiazole rings is 1. The van der Waals surface area contributed by atoms with Gasteiger partial charge in [-0.2, -0.15) is 0 Å². The molecular weight excluding hydrogens is 386 g/mol. The van der Waals surface area contributed by atoms with E-state index in [0.717, 1.165) is 65.1 Å². The zero-order valence-electron chi connectivity index (χ0n) is 17.9. The zero-order valence-corrected chi connectivity index (χ0v) is 18.8. The standard InChI is InChI=1S/C22H31N3O3S/c1-14(2)10-20-21(29-15(3)23-20)22(26)25-8-6-16(7-9-25)24-17-11-18(27-4)13-19(12-17)28-5/h11-14,16,24H,6-10H2,1-5H3. The number of rotatable bonds is 7. The Labute approximate surface area is 177 Å². The lowest BCUT2D eigenvalue weighted by atomic mass is 10.0. The van der Waals surface area contributed by atoms with Gasteiger partial charge in [0.1, 0.15) is 16.4 Å². The first kappa shape index (κ1) is 21.4. The minimum atomic E-state index is 0.132. The topological polar surface area (TPSA) is 63.7 Å². The maximum absolute atomic E-state index is 13.1. The second-order valence-electron chi connectivity index (χ2n) is 7.92. The number of carbonyl (C=O) groups excluding carboxylic acids is 1. The number of aromatic nitrogens is 1. The summed E-state index contributed by atoms with van der Waals surface area (Å²) in [6.45, 7) is 7.79. The predicted molar refractivity (Wildman–Crippen MR) is 117 cm³/mol. The summed E-state index contributed by atoms with van der Waals surface area (Å²) in [4.78, 5) is 20.5. The van der Waals surface area contributed by atoms with E-state index in [1.807, 2.05) is 30.0 Å². The maximum Gasteiger partial charge on any atom is 0.265 e. The lowest BCUT2D eigenvalue weighted by Crippen LogP contribution is -2.42. The number of hydrogen-bond donors (Lipinski definition) is 1. The Bertz CT molecular complexity index is 820. The smallest absolute Gasteiger partial charge is 0.265 e. The first-order valence-electron chi connectivity index (χ1n) is 10.1. The molecule has 0 aliphatic carbocycles. The van der Waals surface area contributed by atoms with Gasteiger partial charge in [-0.25, -0.2) is 4.98 Å². The van der Waals surface area contributed by atoms with Crippen molar-refractivity contribution in [2.45, 2.75) is 46.1 Å². The third-order valence-corrected chi connectivity index (χ3v) is 6.11. The molecular formula is C22H31N3O3S. The van der Waals surface area contributed by atoms with Gasteiger partial charge in [-0.1, -0.05) is 13.8 Å². The molecule has 0 atom stereocenters. The Hall–Kier alpha value is -2.28. The first-order valence-corrected chi connectivity index (χ1v) is 11.0. The number of nitrogens with zero attached hydrogens (tertiary/aromatic N) is 2. The van der Waals surface area contributed by atoms with Crippen LogP contribution in [-0.4, -0.2) is 49.1 Å². The third-order valence-electron chi connectivity index (χ3n) is 5.10. The molecule has 2 heterocycles. The normalized spacial score (nSPS) is 14.9. The highest BCUT2D eigenvalue weighted by Gasteiger charge is 2.27. The minimum Gasteiger partial charge on any atom is -0.497 e. The molecule has 1 amide bonds. The number of nitrogens with one attached hydrogen (secondary N) is 1. The van der Waals surface area contributed by atoms with Crippen molar-refractivity contribution in [3.05, 3.63) is 33.8 Å². The Kier molecular flexibility index (Phi) is 7.00. The SMILES string of the molecule is COc1cc(NC2CCN(C(=O)c3sc(C)nc3CC(C)C)CC2)cc(OC)c1. The van der Waals surface area contributed by atoms with Crippen LogP contribution in [0, 0.1) is 12.8 Å². The summed E-state index contributed by atoms with van der Waals surface area (Å²) in [7, 11) is 3.30. The predicted octanol–water partition coefficient (Wildman–Crippen LogP) is 4.38. The average molecular weight is 418 g/mol. The van der Waals surface area contributed by atoms with Gasteiger partial charge in [-0.15, -0.1) is 11.3 Å². The molecule has 1 aromatic heterocycles. The van der Waals surface area contributed by atoms with Crippen LogP contribution in [0.1, 0.15) is 47.1 Å². The van der Waals surface area contributed by atoms with E-state index in [2.05, 4.69) is 24.1 Å². The summed E-state index contributed by atoms with van der Waals surface area (Å²) in [6.07, 6.45) is 2.66. The highest BCUT2D eigenvalue weighted by atomic mass is 32.1. The van der Waals surface area contributed by atoms with Gasteiger partial charge in [-0.3, -0.25) is 4.79 Å². The second kappa shape index (κ2) is 9.48.